The van der Waals surface area contributed by atoms with Crippen LogP contribution in [0.25, 0.3) is 5.65 Å². The van der Waals surface area contributed by atoms with Gasteiger partial charge in [0.15, 0.2) is 11.3 Å². The minimum absolute atomic E-state index is 0.0350. The number of amides is 1. The van der Waals surface area contributed by atoms with E-state index in [2.05, 4.69) is 39.2 Å². The molecule has 3 aromatic rings. The van der Waals surface area contributed by atoms with E-state index in [4.69, 9.17) is 4.74 Å². The number of hydrogen-bond donors (Lipinski definition) is 1. The number of carbonyl (C=O) groups is 1. The molecule has 4 aliphatic rings. The fourth-order valence-corrected chi connectivity index (χ4v) is 6.05. The number of halogens is 2. The number of ether oxygens (including phenoxy) is 1. The number of nitrogens with one attached hydrogen (secondary N) is 1. The van der Waals surface area contributed by atoms with E-state index in [9.17, 15) is 13.6 Å². The average Bonchev–Trinajstić information content (AvgIpc) is 3.52. The molecule has 1 amide bonds. The van der Waals surface area contributed by atoms with Crippen LogP contribution in [-0.2, 0) is 4.74 Å². The van der Waals surface area contributed by atoms with Gasteiger partial charge in [-0.15, -0.1) is 0 Å². The summed E-state index contributed by atoms with van der Waals surface area (Å²) in [6.45, 7) is 6.00. The van der Waals surface area contributed by atoms with Crippen LogP contribution in [0.2, 0.25) is 0 Å². The highest BCUT2D eigenvalue weighted by atomic mass is 19.3. The van der Waals surface area contributed by atoms with Crippen LogP contribution in [0.3, 0.4) is 0 Å². The molecule has 1 saturated carbocycles. The molecule has 3 aromatic heterocycles. The van der Waals surface area contributed by atoms with Gasteiger partial charge in [-0.3, -0.25) is 9.48 Å². The molecule has 37 heavy (non-hydrogen) atoms. The summed E-state index contributed by atoms with van der Waals surface area (Å²) in [5.41, 5.74) is 0.231. The van der Waals surface area contributed by atoms with Crippen molar-refractivity contribution in [2.75, 3.05) is 23.3 Å². The monoisotopic (exact) mass is 513 g/mol. The van der Waals surface area contributed by atoms with E-state index in [1.807, 2.05) is 6.07 Å². The Balaban J connectivity index is 1.20. The first-order valence-corrected chi connectivity index (χ1v) is 13.3. The lowest BCUT2D eigenvalue weighted by atomic mass is 9.78. The third kappa shape index (κ3) is 4.58. The quantitative estimate of drug-likeness (QED) is 0.485. The van der Waals surface area contributed by atoms with E-state index in [0.717, 1.165) is 57.4 Å². The van der Waals surface area contributed by atoms with Gasteiger partial charge in [0, 0.05) is 31.9 Å². The van der Waals surface area contributed by atoms with Gasteiger partial charge in [0.1, 0.15) is 11.4 Å². The van der Waals surface area contributed by atoms with E-state index in [0.29, 0.717) is 17.5 Å². The standard InChI is InChI=1S/C26H33F2N7O2/c1-3-15(2)16-4-6-17(7-5-16)35-14-21(23(32-35)24(27)28)30-26(36)20-11-29-34-9-8-22(31-25(20)34)33-12-18-10-19(13-33)37-18/h8-9,11,14-19,24H,3-7,10,12-13H2,1-2H3,(H,30,36)/t15?,16-,17-,18?,19?. The highest BCUT2D eigenvalue weighted by molar-refractivity contribution is 6.08. The fourth-order valence-electron chi connectivity index (χ4n) is 6.05. The predicted molar refractivity (Wildman–Crippen MR) is 134 cm³/mol. The molecule has 9 nitrogen and oxygen atoms in total. The van der Waals surface area contributed by atoms with Gasteiger partial charge in [0.25, 0.3) is 12.3 Å². The smallest absolute Gasteiger partial charge is 0.284 e. The summed E-state index contributed by atoms with van der Waals surface area (Å²) < 4.78 is 36.6. The Bertz CT molecular complexity index is 1270. The molecule has 6 heterocycles. The maximum atomic E-state index is 13.9. The number of piperidine rings is 1. The van der Waals surface area contributed by atoms with Gasteiger partial charge in [-0.1, -0.05) is 20.3 Å². The second-order valence-electron chi connectivity index (χ2n) is 10.7. The number of hydrogen-bond acceptors (Lipinski definition) is 6. The highest BCUT2D eigenvalue weighted by Gasteiger charge is 2.39. The summed E-state index contributed by atoms with van der Waals surface area (Å²) >= 11 is 0. The second-order valence-corrected chi connectivity index (χ2v) is 10.7. The van der Waals surface area contributed by atoms with Crippen molar-refractivity contribution in [3.05, 3.63) is 35.9 Å². The lowest BCUT2D eigenvalue weighted by Crippen LogP contribution is -2.57. The molecule has 4 fully saturated rings. The third-order valence-corrected chi connectivity index (χ3v) is 8.46. The molecule has 0 aromatic carbocycles. The molecule has 1 N–H and O–H groups in total. The molecule has 3 atom stereocenters. The molecule has 3 unspecified atom stereocenters. The SMILES string of the molecule is CCC(C)[C@H]1CC[C@H](n2cc(NC(=O)c3cnn4ccc(N5CC6CC(C5)O6)nc34)c(C(F)F)n2)CC1. The number of aromatic nitrogens is 5. The summed E-state index contributed by atoms with van der Waals surface area (Å²) in [4.78, 5) is 20.1. The van der Waals surface area contributed by atoms with Gasteiger partial charge >= 0.3 is 0 Å². The molecule has 1 aliphatic carbocycles. The number of carbonyl (C=O) groups excluding carboxylic acids is 1. The van der Waals surface area contributed by atoms with Gasteiger partial charge in [0.2, 0.25) is 0 Å². The van der Waals surface area contributed by atoms with Gasteiger partial charge in [-0.25, -0.2) is 18.3 Å². The number of morpholine rings is 1. The zero-order chi connectivity index (χ0) is 25.7. The van der Waals surface area contributed by atoms with Crippen molar-refractivity contribution in [1.82, 2.24) is 24.4 Å². The Hall–Kier alpha value is -3.08. The Morgan fingerprint density at radius 1 is 1.22 bits per heavy atom. The minimum atomic E-state index is -2.80. The van der Waals surface area contributed by atoms with E-state index >= 15 is 0 Å². The summed E-state index contributed by atoms with van der Waals surface area (Å²) in [6.07, 6.45) is 8.51. The Kier molecular flexibility index (Phi) is 6.34. The van der Waals surface area contributed by atoms with E-state index < -0.39 is 18.0 Å². The Labute approximate surface area is 214 Å². The van der Waals surface area contributed by atoms with Crippen molar-refractivity contribution < 1.29 is 18.3 Å². The topological polar surface area (TPSA) is 89.6 Å². The summed E-state index contributed by atoms with van der Waals surface area (Å²) in [5, 5.41) is 11.1. The first-order chi connectivity index (χ1) is 17.9. The van der Waals surface area contributed by atoms with Crippen LogP contribution in [0, 0.1) is 11.8 Å². The largest absolute Gasteiger partial charge is 0.371 e. The summed E-state index contributed by atoms with van der Waals surface area (Å²) in [6, 6.07) is 1.92. The average molecular weight is 514 g/mol. The van der Waals surface area contributed by atoms with Crippen LogP contribution in [0.4, 0.5) is 20.3 Å². The normalized spacial score (nSPS) is 26.4. The van der Waals surface area contributed by atoms with Gasteiger partial charge < -0.3 is 15.0 Å². The molecule has 2 bridgehead atoms. The summed E-state index contributed by atoms with van der Waals surface area (Å²) in [7, 11) is 0. The molecular formula is C26H33F2N7O2. The molecule has 0 radical (unpaired) electrons. The van der Waals surface area contributed by atoms with E-state index in [1.54, 1.807) is 17.1 Å². The van der Waals surface area contributed by atoms with Gasteiger partial charge in [-0.2, -0.15) is 10.2 Å². The number of alkyl halides is 2. The number of anilines is 2. The summed E-state index contributed by atoms with van der Waals surface area (Å²) in [5.74, 6) is 1.54. The van der Waals surface area contributed by atoms with Crippen LogP contribution in [0.1, 0.15) is 80.9 Å². The number of rotatable bonds is 7. The van der Waals surface area contributed by atoms with Crippen LogP contribution in [-0.4, -0.2) is 55.6 Å². The zero-order valence-electron chi connectivity index (χ0n) is 21.2. The van der Waals surface area contributed by atoms with Gasteiger partial charge in [-0.05, 0) is 43.6 Å². The molecule has 11 heteroatoms. The Morgan fingerprint density at radius 3 is 2.62 bits per heavy atom. The first-order valence-electron chi connectivity index (χ1n) is 13.3. The van der Waals surface area contributed by atoms with E-state index in [-0.39, 0.29) is 29.5 Å². The van der Waals surface area contributed by atoms with Crippen molar-refractivity contribution in [3.8, 4) is 0 Å². The second kappa shape index (κ2) is 9.66. The Morgan fingerprint density at radius 2 is 1.95 bits per heavy atom. The fraction of sp³-hybridized carbons (Fsp3) is 0.615. The van der Waals surface area contributed by atoms with Crippen molar-refractivity contribution >= 4 is 23.1 Å². The van der Waals surface area contributed by atoms with Crippen molar-refractivity contribution in [1.29, 1.82) is 0 Å². The molecule has 7 rings (SSSR count). The lowest BCUT2D eigenvalue weighted by Gasteiger charge is -2.47. The van der Waals surface area contributed by atoms with Crippen molar-refractivity contribution in [3.63, 3.8) is 0 Å². The maximum absolute atomic E-state index is 13.9. The molecule has 0 spiro atoms. The maximum Gasteiger partial charge on any atom is 0.284 e. The van der Waals surface area contributed by atoms with E-state index in [1.165, 1.54) is 10.7 Å². The molecular weight excluding hydrogens is 480 g/mol. The van der Waals surface area contributed by atoms with Crippen molar-refractivity contribution in [2.24, 2.45) is 11.8 Å². The zero-order valence-corrected chi connectivity index (χ0v) is 21.2. The number of nitrogens with zero attached hydrogens (tertiary/aromatic N) is 6. The predicted octanol–water partition coefficient (Wildman–Crippen LogP) is 4.87. The first kappa shape index (κ1) is 24.3. The number of fused-ring (bicyclic) bond motifs is 3. The molecule has 3 aliphatic heterocycles. The van der Waals surface area contributed by atoms with Crippen molar-refractivity contribution in [2.45, 2.75) is 77.0 Å². The highest BCUT2D eigenvalue weighted by Crippen LogP contribution is 2.38. The lowest BCUT2D eigenvalue weighted by molar-refractivity contribution is -0.133. The van der Waals surface area contributed by atoms with Crippen LogP contribution in [0.15, 0.2) is 24.7 Å². The third-order valence-electron chi connectivity index (χ3n) is 8.46. The minimum Gasteiger partial charge on any atom is -0.371 e. The van der Waals surface area contributed by atoms with Crippen LogP contribution >= 0.6 is 0 Å². The van der Waals surface area contributed by atoms with Gasteiger partial charge in [0.05, 0.1) is 30.1 Å². The molecule has 198 valence electrons. The molecule has 3 saturated heterocycles. The van der Waals surface area contributed by atoms with Crippen LogP contribution < -0.4 is 10.2 Å². The van der Waals surface area contributed by atoms with Crippen LogP contribution in [0.5, 0.6) is 0 Å².